The Morgan fingerprint density at radius 2 is 2.21 bits per heavy atom. The van der Waals surface area contributed by atoms with Crippen molar-refractivity contribution in [3.63, 3.8) is 0 Å². The minimum absolute atomic E-state index is 0.0836. The van der Waals surface area contributed by atoms with Crippen LogP contribution in [0.2, 0.25) is 0 Å². The van der Waals surface area contributed by atoms with Crippen LogP contribution in [0.3, 0.4) is 0 Å². The quantitative estimate of drug-likeness (QED) is 0.918. The van der Waals surface area contributed by atoms with E-state index in [1.54, 1.807) is 17.0 Å². The van der Waals surface area contributed by atoms with Crippen LogP contribution in [0.5, 0.6) is 0 Å². The Balaban J connectivity index is 1.83. The molecular weight excluding hydrogens is 265 g/mol. The Labute approximate surface area is 114 Å². The summed E-state index contributed by atoms with van der Waals surface area (Å²) < 4.78 is 14.0. The lowest BCUT2D eigenvalue weighted by Gasteiger charge is -2.45. The first-order chi connectivity index (χ1) is 9.00. The predicted octanol–water partition coefficient (Wildman–Crippen LogP) is 2.64. The Kier molecular flexibility index (Phi) is 2.83. The van der Waals surface area contributed by atoms with E-state index in [9.17, 15) is 14.3 Å². The zero-order valence-electron chi connectivity index (χ0n) is 10.5. The van der Waals surface area contributed by atoms with Gasteiger partial charge in [0.05, 0.1) is 23.6 Å². The second-order valence-electron chi connectivity index (χ2n) is 5.03. The van der Waals surface area contributed by atoms with E-state index < -0.39 is 5.60 Å². The summed E-state index contributed by atoms with van der Waals surface area (Å²) in [5.41, 5.74) is -0.724. The van der Waals surface area contributed by atoms with E-state index in [2.05, 4.69) is 0 Å². The van der Waals surface area contributed by atoms with Crippen LogP contribution in [0.25, 0.3) is 10.1 Å². The van der Waals surface area contributed by atoms with E-state index in [0.717, 1.165) is 10.1 Å². The summed E-state index contributed by atoms with van der Waals surface area (Å²) in [4.78, 5) is 14.4. The molecule has 0 saturated carbocycles. The Morgan fingerprint density at radius 3 is 2.89 bits per heavy atom. The number of carbonyl (C=O) groups is 1. The molecule has 0 aliphatic carbocycles. The molecule has 1 aromatic heterocycles. The van der Waals surface area contributed by atoms with Crippen LogP contribution in [0.1, 0.15) is 23.0 Å². The van der Waals surface area contributed by atoms with Gasteiger partial charge in [-0.1, -0.05) is 6.92 Å². The fourth-order valence-corrected chi connectivity index (χ4v) is 3.32. The monoisotopic (exact) mass is 279 g/mol. The number of hydrogen-bond donors (Lipinski definition) is 1. The maximum absolute atomic E-state index is 13.1. The summed E-state index contributed by atoms with van der Waals surface area (Å²) in [5.74, 6) is -0.381. The van der Waals surface area contributed by atoms with Crippen LogP contribution in [0, 0.1) is 5.82 Å². The van der Waals surface area contributed by atoms with E-state index in [0.29, 0.717) is 24.4 Å². The number of hydrogen-bond acceptors (Lipinski definition) is 3. The summed E-state index contributed by atoms with van der Waals surface area (Å²) in [5, 5.41) is 10.7. The molecule has 0 radical (unpaired) electrons. The van der Waals surface area contributed by atoms with Gasteiger partial charge in [0.25, 0.3) is 5.91 Å². The first-order valence-electron chi connectivity index (χ1n) is 6.21. The molecule has 1 saturated heterocycles. The molecule has 1 aliphatic rings. The summed E-state index contributed by atoms with van der Waals surface area (Å²) >= 11 is 1.36. The molecule has 19 heavy (non-hydrogen) atoms. The van der Waals surface area contributed by atoms with Gasteiger partial charge < -0.3 is 10.0 Å². The van der Waals surface area contributed by atoms with Crippen LogP contribution in [-0.2, 0) is 0 Å². The number of benzene rings is 1. The highest BCUT2D eigenvalue weighted by atomic mass is 32.1. The van der Waals surface area contributed by atoms with Gasteiger partial charge in [-0.25, -0.2) is 4.39 Å². The number of fused-ring (bicyclic) bond motifs is 1. The van der Waals surface area contributed by atoms with Gasteiger partial charge in [0.2, 0.25) is 0 Å². The Hall–Kier alpha value is -1.46. The third kappa shape index (κ3) is 2.13. The first-order valence-corrected chi connectivity index (χ1v) is 7.03. The van der Waals surface area contributed by atoms with Crippen molar-refractivity contribution in [3.05, 3.63) is 35.0 Å². The SMILES string of the molecule is CCC1(O)CN(C(=O)c2cc3cc(F)ccc3s2)C1. The highest BCUT2D eigenvalue weighted by Gasteiger charge is 2.42. The topological polar surface area (TPSA) is 40.5 Å². The summed E-state index contributed by atoms with van der Waals surface area (Å²) in [6.07, 6.45) is 0.647. The standard InChI is InChI=1S/C14H14FNO2S/c1-2-14(18)7-16(8-14)13(17)12-6-9-5-10(15)3-4-11(9)19-12/h3-6,18H,2,7-8H2,1H3. The van der Waals surface area contributed by atoms with Crippen molar-refractivity contribution in [2.75, 3.05) is 13.1 Å². The van der Waals surface area contributed by atoms with Crippen LogP contribution >= 0.6 is 11.3 Å². The van der Waals surface area contributed by atoms with E-state index >= 15 is 0 Å². The summed E-state index contributed by atoms with van der Waals surface area (Å²) in [6, 6.07) is 6.23. The molecule has 2 aromatic rings. The van der Waals surface area contributed by atoms with Crippen molar-refractivity contribution in [2.24, 2.45) is 0 Å². The Bertz CT molecular complexity index is 646. The number of nitrogens with zero attached hydrogens (tertiary/aromatic N) is 1. The van der Waals surface area contributed by atoms with Crippen molar-refractivity contribution >= 4 is 27.3 Å². The molecule has 1 aliphatic heterocycles. The van der Waals surface area contributed by atoms with Crippen LogP contribution in [-0.4, -0.2) is 34.6 Å². The van der Waals surface area contributed by atoms with Gasteiger partial charge in [-0.2, -0.15) is 0 Å². The number of carbonyl (C=O) groups excluding carboxylic acids is 1. The minimum Gasteiger partial charge on any atom is -0.386 e. The average molecular weight is 279 g/mol. The fourth-order valence-electron chi connectivity index (χ4n) is 2.31. The molecule has 0 atom stereocenters. The first kappa shape index (κ1) is 12.6. The van der Waals surface area contributed by atoms with Crippen molar-refractivity contribution in [3.8, 4) is 0 Å². The van der Waals surface area contributed by atoms with Gasteiger partial charge in [-0.05, 0) is 36.1 Å². The molecule has 1 fully saturated rings. The molecule has 1 amide bonds. The second-order valence-corrected chi connectivity index (χ2v) is 6.12. The molecule has 100 valence electrons. The molecule has 0 unspecified atom stereocenters. The molecule has 3 rings (SSSR count). The Morgan fingerprint density at radius 1 is 1.47 bits per heavy atom. The third-order valence-corrected chi connectivity index (χ3v) is 4.71. The fraction of sp³-hybridized carbons (Fsp3) is 0.357. The van der Waals surface area contributed by atoms with Gasteiger partial charge in [0, 0.05) is 4.70 Å². The van der Waals surface area contributed by atoms with Crippen molar-refractivity contribution in [1.82, 2.24) is 4.90 Å². The van der Waals surface area contributed by atoms with Gasteiger partial charge in [0.15, 0.2) is 0 Å². The van der Waals surface area contributed by atoms with Crippen LogP contribution in [0.4, 0.5) is 4.39 Å². The third-order valence-electron chi connectivity index (χ3n) is 3.60. The lowest BCUT2D eigenvalue weighted by Crippen LogP contribution is -2.63. The van der Waals surface area contributed by atoms with Crippen molar-refractivity contribution < 1.29 is 14.3 Å². The minimum atomic E-state index is -0.724. The molecular formula is C14H14FNO2S. The van der Waals surface area contributed by atoms with E-state index in [4.69, 9.17) is 0 Å². The van der Waals surface area contributed by atoms with Gasteiger partial charge >= 0.3 is 0 Å². The van der Waals surface area contributed by atoms with Crippen molar-refractivity contribution in [1.29, 1.82) is 0 Å². The van der Waals surface area contributed by atoms with Gasteiger partial charge in [-0.15, -0.1) is 11.3 Å². The molecule has 3 nitrogen and oxygen atoms in total. The maximum Gasteiger partial charge on any atom is 0.264 e. The molecule has 0 spiro atoms. The normalized spacial score (nSPS) is 17.5. The molecule has 2 heterocycles. The van der Waals surface area contributed by atoms with Gasteiger partial charge in [-0.3, -0.25) is 4.79 Å². The van der Waals surface area contributed by atoms with Gasteiger partial charge in [0.1, 0.15) is 5.82 Å². The zero-order valence-corrected chi connectivity index (χ0v) is 11.3. The van der Waals surface area contributed by atoms with E-state index in [-0.39, 0.29) is 11.7 Å². The maximum atomic E-state index is 13.1. The number of likely N-dealkylation sites (tertiary alicyclic amines) is 1. The molecule has 0 bridgehead atoms. The number of halogens is 1. The number of aliphatic hydroxyl groups is 1. The molecule has 5 heteroatoms. The van der Waals surface area contributed by atoms with Crippen LogP contribution in [0.15, 0.2) is 24.3 Å². The lowest BCUT2D eigenvalue weighted by atomic mass is 9.91. The van der Waals surface area contributed by atoms with Crippen molar-refractivity contribution in [2.45, 2.75) is 18.9 Å². The molecule has 1 N–H and O–H groups in total. The smallest absolute Gasteiger partial charge is 0.264 e. The summed E-state index contributed by atoms with van der Waals surface area (Å²) in [7, 11) is 0. The molecule has 1 aromatic carbocycles. The van der Waals surface area contributed by atoms with E-state index in [1.165, 1.54) is 23.5 Å². The number of thiophene rings is 1. The van der Waals surface area contributed by atoms with Crippen LogP contribution < -0.4 is 0 Å². The second kappa shape index (κ2) is 4.28. The summed E-state index contributed by atoms with van der Waals surface area (Å²) in [6.45, 7) is 2.67. The zero-order chi connectivity index (χ0) is 13.6. The highest BCUT2D eigenvalue weighted by molar-refractivity contribution is 7.20. The highest BCUT2D eigenvalue weighted by Crippen LogP contribution is 2.31. The lowest BCUT2D eigenvalue weighted by molar-refractivity contribution is -0.0824. The average Bonchev–Trinajstić information content (AvgIpc) is 2.77. The number of amides is 1. The number of β-amino-alcohol motifs (C(OH)–C–C–N with tert-alkyl or cyclic N) is 1. The van der Waals surface area contributed by atoms with E-state index in [1.807, 2.05) is 6.92 Å². The largest absolute Gasteiger partial charge is 0.386 e. The number of rotatable bonds is 2. The predicted molar refractivity (Wildman–Crippen MR) is 72.9 cm³/mol.